The number of aromatic nitrogens is 2. The van der Waals surface area contributed by atoms with Crippen LogP contribution in [-0.2, 0) is 6.61 Å². The van der Waals surface area contributed by atoms with Crippen LogP contribution in [0.25, 0.3) is 10.9 Å². The maximum atomic E-state index is 6.43. The number of aryl methyl sites for hydroxylation is 1. The van der Waals surface area contributed by atoms with E-state index < -0.39 is 0 Å². The molecule has 0 amide bonds. The van der Waals surface area contributed by atoms with E-state index in [9.17, 15) is 0 Å². The molecule has 6 heteroatoms. The lowest BCUT2D eigenvalue weighted by Crippen LogP contribution is -1.98. The quantitative estimate of drug-likeness (QED) is 0.316. The van der Waals surface area contributed by atoms with E-state index in [4.69, 9.17) is 16.3 Å². The topological polar surface area (TPSA) is 47.0 Å². The van der Waals surface area contributed by atoms with Crippen LogP contribution in [0.3, 0.4) is 0 Å². The Balaban J connectivity index is 1.52. The number of fused-ring (bicyclic) bond motifs is 1. The van der Waals surface area contributed by atoms with Crippen molar-refractivity contribution in [2.24, 2.45) is 0 Å². The third-order valence-corrected chi connectivity index (χ3v) is 5.27. The summed E-state index contributed by atoms with van der Waals surface area (Å²) < 4.78 is 6.99. The van der Waals surface area contributed by atoms with Gasteiger partial charge in [0.2, 0.25) is 0 Å². The molecule has 0 unspecified atom stereocenters. The Hall–Kier alpha value is -2.38. The van der Waals surface area contributed by atoms with E-state index in [2.05, 4.69) is 75.1 Å². The van der Waals surface area contributed by atoms with Crippen molar-refractivity contribution in [3.05, 3.63) is 86.7 Å². The maximum absolute atomic E-state index is 6.43. The van der Waals surface area contributed by atoms with E-state index in [0.717, 1.165) is 31.5 Å². The van der Waals surface area contributed by atoms with E-state index >= 15 is 0 Å². The number of anilines is 2. The number of nitrogens with zero attached hydrogens (tertiary/aromatic N) is 2. The second-order valence-corrected chi connectivity index (χ2v) is 8.08. The zero-order valence-corrected chi connectivity index (χ0v) is 18.0. The smallest absolute Gasteiger partial charge is 0.141 e. The van der Waals surface area contributed by atoms with Crippen LogP contribution in [0.1, 0.15) is 11.1 Å². The molecule has 0 radical (unpaired) electrons. The second kappa shape index (κ2) is 8.32. The van der Waals surface area contributed by atoms with E-state index in [-0.39, 0.29) is 0 Å². The van der Waals surface area contributed by atoms with E-state index in [1.807, 2.05) is 30.3 Å². The molecule has 0 aliphatic carbocycles. The third-order valence-electron chi connectivity index (χ3n) is 4.31. The number of rotatable bonds is 5. The van der Waals surface area contributed by atoms with Crippen LogP contribution in [0.2, 0.25) is 5.02 Å². The summed E-state index contributed by atoms with van der Waals surface area (Å²) in [4.78, 5) is 8.69. The van der Waals surface area contributed by atoms with Gasteiger partial charge in [0.05, 0.1) is 10.5 Å². The maximum Gasteiger partial charge on any atom is 0.141 e. The van der Waals surface area contributed by atoms with Gasteiger partial charge in [-0.05, 0) is 71.5 Å². The van der Waals surface area contributed by atoms with Gasteiger partial charge in [0.1, 0.15) is 24.5 Å². The minimum atomic E-state index is 0.474. The Morgan fingerprint density at radius 2 is 1.82 bits per heavy atom. The van der Waals surface area contributed by atoms with Crippen LogP contribution in [-0.4, -0.2) is 9.97 Å². The fourth-order valence-corrected chi connectivity index (χ4v) is 3.53. The molecule has 1 N–H and O–H groups in total. The van der Waals surface area contributed by atoms with Crippen molar-refractivity contribution in [2.75, 3.05) is 5.32 Å². The zero-order chi connectivity index (χ0) is 19.5. The summed E-state index contributed by atoms with van der Waals surface area (Å²) in [6.07, 6.45) is 1.55. The monoisotopic (exact) mass is 501 g/mol. The molecule has 1 heterocycles. The molecule has 0 aliphatic heterocycles. The summed E-state index contributed by atoms with van der Waals surface area (Å²) in [5.41, 5.74) is 4.06. The summed E-state index contributed by atoms with van der Waals surface area (Å²) in [6, 6.07) is 20.0. The summed E-state index contributed by atoms with van der Waals surface area (Å²) in [6.45, 7) is 2.54. The van der Waals surface area contributed by atoms with Crippen molar-refractivity contribution >= 4 is 56.6 Å². The fourth-order valence-electron chi connectivity index (χ4n) is 2.81. The largest absolute Gasteiger partial charge is 0.487 e. The molecule has 0 spiro atoms. The van der Waals surface area contributed by atoms with Gasteiger partial charge in [0, 0.05) is 14.6 Å². The first-order chi connectivity index (χ1) is 13.6. The SMILES string of the molecule is Cc1ccc(COc2ccc(Nc3ncnc4ccc(I)cc34)cc2Cl)cc1. The van der Waals surface area contributed by atoms with Gasteiger partial charge in [0.15, 0.2) is 0 Å². The predicted molar refractivity (Wildman–Crippen MR) is 123 cm³/mol. The van der Waals surface area contributed by atoms with Crippen molar-refractivity contribution in [3.63, 3.8) is 0 Å². The first-order valence-corrected chi connectivity index (χ1v) is 10.2. The Labute approximate surface area is 182 Å². The first-order valence-electron chi connectivity index (χ1n) is 8.74. The highest BCUT2D eigenvalue weighted by Gasteiger charge is 2.08. The molecular formula is C22H17ClIN3O. The number of nitrogens with one attached hydrogen (secondary N) is 1. The van der Waals surface area contributed by atoms with Crippen LogP contribution in [0.4, 0.5) is 11.5 Å². The number of benzene rings is 3. The molecule has 0 saturated carbocycles. The Morgan fingerprint density at radius 3 is 2.61 bits per heavy atom. The zero-order valence-electron chi connectivity index (χ0n) is 15.1. The average molecular weight is 502 g/mol. The van der Waals surface area contributed by atoms with Gasteiger partial charge in [-0.1, -0.05) is 41.4 Å². The lowest BCUT2D eigenvalue weighted by Gasteiger charge is -2.12. The van der Waals surface area contributed by atoms with Gasteiger partial charge < -0.3 is 10.1 Å². The average Bonchev–Trinajstić information content (AvgIpc) is 2.69. The third kappa shape index (κ3) is 4.36. The van der Waals surface area contributed by atoms with Crippen LogP contribution in [0, 0.1) is 10.5 Å². The Morgan fingerprint density at radius 1 is 1.00 bits per heavy atom. The summed E-state index contributed by atoms with van der Waals surface area (Å²) >= 11 is 8.71. The molecule has 4 nitrogen and oxygen atoms in total. The molecule has 0 fully saturated rings. The van der Waals surface area contributed by atoms with Gasteiger partial charge in [-0.2, -0.15) is 0 Å². The summed E-state index contributed by atoms with van der Waals surface area (Å²) in [5.74, 6) is 1.39. The molecular weight excluding hydrogens is 485 g/mol. The first kappa shape index (κ1) is 19.0. The normalized spacial score (nSPS) is 10.8. The fraction of sp³-hybridized carbons (Fsp3) is 0.0909. The highest BCUT2D eigenvalue weighted by molar-refractivity contribution is 14.1. The highest BCUT2D eigenvalue weighted by atomic mass is 127. The minimum absolute atomic E-state index is 0.474. The molecule has 3 aromatic carbocycles. The summed E-state index contributed by atoms with van der Waals surface area (Å²) in [7, 11) is 0. The van der Waals surface area contributed by atoms with Crippen molar-refractivity contribution in [3.8, 4) is 5.75 Å². The molecule has 0 saturated heterocycles. The Bertz CT molecular complexity index is 1130. The van der Waals surface area contributed by atoms with E-state index in [0.29, 0.717) is 17.4 Å². The molecule has 28 heavy (non-hydrogen) atoms. The molecule has 140 valence electrons. The molecule has 4 aromatic rings. The molecule has 1 aromatic heterocycles. The number of hydrogen-bond acceptors (Lipinski definition) is 4. The minimum Gasteiger partial charge on any atom is -0.487 e. The lowest BCUT2D eigenvalue weighted by atomic mass is 10.2. The predicted octanol–water partition coefficient (Wildman–Crippen LogP) is 6.52. The van der Waals surface area contributed by atoms with Crippen LogP contribution in [0.5, 0.6) is 5.75 Å². The van der Waals surface area contributed by atoms with Crippen LogP contribution in [0.15, 0.2) is 67.0 Å². The molecule has 0 atom stereocenters. The second-order valence-electron chi connectivity index (χ2n) is 6.43. The highest BCUT2D eigenvalue weighted by Crippen LogP contribution is 2.31. The lowest BCUT2D eigenvalue weighted by molar-refractivity contribution is 0.306. The molecule has 4 rings (SSSR count). The van der Waals surface area contributed by atoms with Crippen molar-refractivity contribution in [2.45, 2.75) is 13.5 Å². The van der Waals surface area contributed by atoms with E-state index in [1.165, 1.54) is 5.56 Å². The van der Waals surface area contributed by atoms with Gasteiger partial charge in [-0.25, -0.2) is 9.97 Å². The van der Waals surface area contributed by atoms with Gasteiger partial charge in [0.25, 0.3) is 0 Å². The van der Waals surface area contributed by atoms with Gasteiger partial charge in [-0.3, -0.25) is 0 Å². The van der Waals surface area contributed by atoms with Crippen molar-refractivity contribution in [1.82, 2.24) is 9.97 Å². The molecule has 0 aliphatic rings. The molecule has 0 bridgehead atoms. The Kier molecular flexibility index (Phi) is 5.64. The van der Waals surface area contributed by atoms with Crippen molar-refractivity contribution in [1.29, 1.82) is 0 Å². The van der Waals surface area contributed by atoms with Gasteiger partial charge >= 0.3 is 0 Å². The van der Waals surface area contributed by atoms with Crippen LogP contribution < -0.4 is 10.1 Å². The number of ether oxygens (including phenoxy) is 1. The standard InChI is InChI=1S/C22H17ClIN3O/c1-14-2-4-15(5-3-14)12-28-21-9-7-17(11-19(21)23)27-22-18-10-16(24)6-8-20(18)25-13-26-22/h2-11,13H,12H2,1H3,(H,25,26,27). The van der Waals surface area contributed by atoms with E-state index in [1.54, 1.807) is 6.33 Å². The number of halogens is 2. The summed E-state index contributed by atoms with van der Waals surface area (Å²) in [5, 5.41) is 4.84. The van der Waals surface area contributed by atoms with Gasteiger partial charge in [-0.15, -0.1) is 0 Å². The van der Waals surface area contributed by atoms with Crippen LogP contribution >= 0.6 is 34.2 Å². The van der Waals surface area contributed by atoms with Crippen molar-refractivity contribution < 1.29 is 4.74 Å². The number of hydrogen-bond donors (Lipinski definition) is 1.